The molecule has 0 unspecified atom stereocenters. The van der Waals surface area contributed by atoms with Crippen molar-refractivity contribution in [2.24, 2.45) is 5.92 Å². The zero-order valence-corrected chi connectivity index (χ0v) is 18.7. The van der Waals surface area contributed by atoms with Gasteiger partial charge >= 0.3 is 0 Å². The third kappa shape index (κ3) is 4.36. The van der Waals surface area contributed by atoms with Crippen LogP contribution in [0.4, 0.5) is 8.78 Å². The van der Waals surface area contributed by atoms with Gasteiger partial charge in [-0.1, -0.05) is 12.1 Å². The Bertz CT molecular complexity index is 1080. The third-order valence-corrected chi connectivity index (χ3v) is 8.26. The molecule has 0 bridgehead atoms. The number of nitrogens with zero attached hydrogens (tertiary/aromatic N) is 2. The summed E-state index contributed by atoms with van der Waals surface area (Å²) in [6.45, 7) is 1.01. The van der Waals surface area contributed by atoms with Crippen molar-refractivity contribution in [2.75, 3.05) is 26.7 Å². The maximum absolute atomic E-state index is 13.5. The van der Waals surface area contributed by atoms with Gasteiger partial charge in [0.2, 0.25) is 15.9 Å². The van der Waals surface area contributed by atoms with Crippen LogP contribution in [0.15, 0.2) is 47.4 Å². The van der Waals surface area contributed by atoms with Crippen molar-refractivity contribution >= 4 is 15.9 Å². The highest BCUT2D eigenvalue weighted by Gasteiger charge is 2.37. The molecule has 0 spiro atoms. The molecular weight excluding hydrogens is 438 g/mol. The van der Waals surface area contributed by atoms with Crippen LogP contribution in [-0.4, -0.2) is 50.3 Å². The molecule has 2 fully saturated rings. The highest BCUT2D eigenvalue weighted by molar-refractivity contribution is 7.89. The summed E-state index contributed by atoms with van der Waals surface area (Å²) in [6, 6.07) is 10.3. The average Bonchev–Trinajstić information content (AvgIpc) is 3.30. The number of sulfonamides is 1. The normalized spacial score (nSPS) is 20.5. The minimum absolute atomic E-state index is 0.0114. The monoisotopic (exact) mass is 464 g/mol. The summed E-state index contributed by atoms with van der Waals surface area (Å²) in [7, 11) is -2.33. The predicted molar refractivity (Wildman–Crippen MR) is 115 cm³/mol. The number of piperidine rings is 1. The number of hydrogen-bond acceptors (Lipinski definition) is 4. The first-order valence-corrected chi connectivity index (χ1v) is 12.1. The number of amides is 1. The summed E-state index contributed by atoms with van der Waals surface area (Å²) in [5.74, 6) is -1.74. The van der Waals surface area contributed by atoms with E-state index in [1.807, 2.05) is 29.2 Å². The quantitative estimate of drug-likeness (QED) is 0.676. The van der Waals surface area contributed by atoms with E-state index in [1.165, 1.54) is 4.31 Å². The van der Waals surface area contributed by atoms with E-state index < -0.39 is 21.7 Å². The van der Waals surface area contributed by atoms with Crippen LogP contribution in [0.2, 0.25) is 0 Å². The molecule has 1 atom stereocenters. The number of ether oxygens (including phenoxy) is 1. The van der Waals surface area contributed by atoms with Crippen LogP contribution in [0.25, 0.3) is 0 Å². The van der Waals surface area contributed by atoms with Crippen LogP contribution >= 0.6 is 0 Å². The van der Waals surface area contributed by atoms with Crippen molar-refractivity contribution in [2.45, 2.75) is 36.6 Å². The summed E-state index contributed by atoms with van der Waals surface area (Å²) in [4.78, 5) is 14.9. The van der Waals surface area contributed by atoms with E-state index in [0.717, 1.165) is 36.3 Å². The Morgan fingerprint density at radius 3 is 2.28 bits per heavy atom. The number of hydrogen-bond donors (Lipinski definition) is 0. The van der Waals surface area contributed by atoms with Crippen molar-refractivity contribution in [1.82, 2.24) is 9.21 Å². The molecule has 9 heteroatoms. The SMILES string of the molecule is COc1ccc([C@@H]2CCCN2C(=O)C2CCN(S(=O)(=O)c3ccc(F)c(F)c3)CC2)cc1. The Morgan fingerprint density at radius 1 is 0.969 bits per heavy atom. The molecule has 2 saturated heterocycles. The van der Waals surface area contributed by atoms with Crippen LogP contribution in [0, 0.1) is 17.6 Å². The fourth-order valence-electron chi connectivity index (χ4n) is 4.57. The smallest absolute Gasteiger partial charge is 0.243 e. The number of carbonyl (C=O) groups is 1. The van der Waals surface area contributed by atoms with Gasteiger partial charge in [-0.3, -0.25) is 4.79 Å². The summed E-state index contributed by atoms with van der Waals surface area (Å²) in [6.07, 6.45) is 2.61. The first-order valence-electron chi connectivity index (χ1n) is 10.7. The van der Waals surface area contributed by atoms with E-state index in [1.54, 1.807) is 7.11 Å². The second kappa shape index (κ2) is 9.15. The molecule has 0 aliphatic carbocycles. The van der Waals surface area contributed by atoms with Gasteiger partial charge in [-0.15, -0.1) is 0 Å². The molecule has 0 N–H and O–H groups in total. The van der Waals surface area contributed by atoms with Gasteiger partial charge in [0.05, 0.1) is 18.0 Å². The predicted octanol–water partition coefficient (Wildman–Crippen LogP) is 3.74. The topological polar surface area (TPSA) is 66.9 Å². The maximum Gasteiger partial charge on any atom is 0.243 e. The van der Waals surface area contributed by atoms with E-state index in [4.69, 9.17) is 4.74 Å². The van der Waals surface area contributed by atoms with Crippen molar-refractivity contribution in [1.29, 1.82) is 0 Å². The van der Waals surface area contributed by atoms with Crippen LogP contribution in [0.3, 0.4) is 0 Å². The highest BCUT2D eigenvalue weighted by atomic mass is 32.2. The summed E-state index contributed by atoms with van der Waals surface area (Å²) in [5, 5.41) is 0. The lowest BCUT2D eigenvalue weighted by Crippen LogP contribution is -2.44. The molecule has 0 saturated carbocycles. The third-order valence-electron chi connectivity index (χ3n) is 6.37. The minimum Gasteiger partial charge on any atom is -0.497 e. The van der Waals surface area contributed by atoms with E-state index in [-0.39, 0.29) is 35.9 Å². The molecule has 0 aromatic heterocycles. The highest BCUT2D eigenvalue weighted by Crippen LogP contribution is 2.35. The Kier molecular flexibility index (Phi) is 6.48. The van der Waals surface area contributed by atoms with Crippen LogP contribution < -0.4 is 4.74 Å². The molecule has 2 aromatic carbocycles. The number of methoxy groups -OCH3 is 1. The van der Waals surface area contributed by atoms with E-state index in [2.05, 4.69) is 0 Å². The fraction of sp³-hybridized carbons (Fsp3) is 0.435. The van der Waals surface area contributed by atoms with Gasteiger partial charge in [0, 0.05) is 25.6 Å². The van der Waals surface area contributed by atoms with E-state index in [0.29, 0.717) is 25.5 Å². The fourth-order valence-corrected chi connectivity index (χ4v) is 6.05. The van der Waals surface area contributed by atoms with Gasteiger partial charge in [-0.05, 0) is 61.6 Å². The molecular formula is C23H26F2N2O4S. The Hall–Kier alpha value is -2.52. The molecule has 2 aromatic rings. The average molecular weight is 465 g/mol. The molecule has 0 radical (unpaired) electrons. The molecule has 2 heterocycles. The largest absolute Gasteiger partial charge is 0.497 e. The zero-order chi connectivity index (χ0) is 22.9. The Balaban J connectivity index is 1.42. The summed E-state index contributed by atoms with van der Waals surface area (Å²) >= 11 is 0. The van der Waals surface area contributed by atoms with Gasteiger partial charge in [0.15, 0.2) is 11.6 Å². The van der Waals surface area contributed by atoms with Gasteiger partial charge < -0.3 is 9.64 Å². The number of carbonyl (C=O) groups excluding carboxylic acids is 1. The second-order valence-corrected chi connectivity index (χ2v) is 10.2. The van der Waals surface area contributed by atoms with Crippen molar-refractivity contribution < 1.29 is 26.7 Å². The summed E-state index contributed by atoms with van der Waals surface area (Å²) < 4.78 is 58.8. The van der Waals surface area contributed by atoms with E-state index >= 15 is 0 Å². The lowest BCUT2D eigenvalue weighted by molar-refractivity contribution is -0.137. The van der Waals surface area contributed by atoms with Crippen LogP contribution in [0.1, 0.15) is 37.3 Å². The molecule has 6 nitrogen and oxygen atoms in total. The number of likely N-dealkylation sites (tertiary alicyclic amines) is 1. The maximum atomic E-state index is 13.5. The van der Waals surface area contributed by atoms with E-state index in [9.17, 15) is 22.0 Å². The molecule has 172 valence electrons. The second-order valence-electron chi connectivity index (χ2n) is 8.22. The molecule has 1 amide bonds. The van der Waals surface area contributed by atoms with Gasteiger partial charge in [-0.2, -0.15) is 4.31 Å². The Morgan fingerprint density at radius 2 is 1.66 bits per heavy atom. The number of benzene rings is 2. The van der Waals surface area contributed by atoms with Gasteiger partial charge in [-0.25, -0.2) is 17.2 Å². The molecule has 2 aliphatic rings. The molecule has 4 rings (SSSR count). The number of halogens is 2. The molecule has 32 heavy (non-hydrogen) atoms. The first-order chi connectivity index (χ1) is 15.3. The van der Waals surface area contributed by atoms with Gasteiger partial charge in [0.1, 0.15) is 5.75 Å². The Labute approximate surface area is 186 Å². The molecule has 2 aliphatic heterocycles. The lowest BCUT2D eigenvalue weighted by atomic mass is 9.95. The van der Waals surface area contributed by atoms with Crippen LogP contribution in [-0.2, 0) is 14.8 Å². The lowest BCUT2D eigenvalue weighted by Gasteiger charge is -2.34. The van der Waals surface area contributed by atoms with Crippen LogP contribution in [0.5, 0.6) is 5.75 Å². The van der Waals surface area contributed by atoms with Gasteiger partial charge in [0.25, 0.3) is 0 Å². The first kappa shape index (κ1) is 22.7. The van der Waals surface area contributed by atoms with Crippen molar-refractivity contribution in [3.05, 3.63) is 59.7 Å². The standard InChI is InChI=1S/C23H26F2N2O4S/c1-31-18-6-4-16(5-7-18)22-3-2-12-27(22)23(28)17-10-13-26(14-11-17)32(29,30)19-8-9-20(24)21(25)15-19/h4-9,15,17,22H,2-3,10-14H2,1H3/t22-/m0/s1. The summed E-state index contributed by atoms with van der Waals surface area (Å²) in [5.41, 5.74) is 1.06. The number of rotatable bonds is 5. The van der Waals surface area contributed by atoms with Crippen molar-refractivity contribution in [3.8, 4) is 5.75 Å². The zero-order valence-electron chi connectivity index (χ0n) is 17.8. The van der Waals surface area contributed by atoms with Crippen molar-refractivity contribution in [3.63, 3.8) is 0 Å². The minimum atomic E-state index is -3.94.